The van der Waals surface area contributed by atoms with Gasteiger partial charge in [-0.2, -0.15) is 0 Å². The average molecular weight is 274 g/mol. The molecule has 0 radical (unpaired) electrons. The van der Waals surface area contributed by atoms with E-state index >= 15 is 0 Å². The smallest absolute Gasteiger partial charge is 0.250 e. The van der Waals surface area contributed by atoms with Crippen molar-refractivity contribution < 1.29 is 9.84 Å². The zero-order valence-electron chi connectivity index (χ0n) is 11.2. The third-order valence-electron chi connectivity index (χ3n) is 2.95. The van der Waals surface area contributed by atoms with Crippen LogP contribution in [0.2, 0.25) is 0 Å². The van der Waals surface area contributed by atoms with Crippen LogP contribution in [-0.2, 0) is 13.0 Å². The molecule has 20 heavy (non-hydrogen) atoms. The minimum absolute atomic E-state index is 0.0784. The van der Waals surface area contributed by atoms with Crippen molar-refractivity contribution in [3.05, 3.63) is 58.5 Å². The van der Waals surface area contributed by atoms with E-state index in [4.69, 9.17) is 15.6 Å². The first-order valence-electron chi connectivity index (χ1n) is 6.48. The molecule has 0 saturated carbocycles. The van der Waals surface area contributed by atoms with Gasteiger partial charge in [0, 0.05) is 24.6 Å². The average Bonchev–Trinajstić information content (AvgIpc) is 2.45. The standard InChI is InChI=1S/C15H18N2O3/c16-13-5-6-15(19)17(11-13)8-10-20-14-4-2-1-3-12(14)7-9-18/h1-6,11,18H,7-10,16H2. The van der Waals surface area contributed by atoms with Crippen LogP contribution in [0.15, 0.2) is 47.4 Å². The van der Waals surface area contributed by atoms with Gasteiger partial charge in [0.1, 0.15) is 12.4 Å². The van der Waals surface area contributed by atoms with Crippen LogP contribution >= 0.6 is 0 Å². The van der Waals surface area contributed by atoms with Gasteiger partial charge in [0.15, 0.2) is 0 Å². The largest absolute Gasteiger partial charge is 0.491 e. The number of ether oxygens (including phenoxy) is 1. The number of para-hydroxylation sites is 1. The van der Waals surface area contributed by atoms with Crippen molar-refractivity contribution >= 4 is 5.69 Å². The van der Waals surface area contributed by atoms with E-state index in [1.54, 1.807) is 12.3 Å². The van der Waals surface area contributed by atoms with Gasteiger partial charge >= 0.3 is 0 Å². The molecule has 0 aliphatic rings. The van der Waals surface area contributed by atoms with Crippen molar-refractivity contribution in [3.63, 3.8) is 0 Å². The highest BCUT2D eigenvalue weighted by molar-refractivity contribution is 5.34. The summed E-state index contributed by atoms with van der Waals surface area (Å²) in [6, 6.07) is 10.6. The summed E-state index contributed by atoms with van der Waals surface area (Å²) in [5.74, 6) is 0.735. The lowest BCUT2D eigenvalue weighted by molar-refractivity contribution is 0.280. The number of aromatic nitrogens is 1. The molecule has 0 atom stereocenters. The van der Waals surface area contributed by atoms with Gasteiger partial charge in [-0.3, -0.25) is 4.79 Å². The second kappa shape index (κ2) is 6.77. The number of aliphatic hydroxyl groups excluding tert-OH is 1. The maximum Gasteiger partial charge on any atom is 0.250 e. The Balaban J connectivity index is 1.99. The normalized spacial score (nSPS) is 10.4. The molecule has 106 valence electrons. The Morgan fingerprint density at radius 1 is 1.20 bits per heavy atom. The van der Waals surface area contributed by atoms with E-state index in [1.807, 2.05) is 24.3 Å². The predicted molar refractivity (Wildman–Crippen MR) is 77.8 cm³/mol. The number of nitrogen functional groups attached to an aromatic ring is 1. The highest BCUT2D eigenvalue weighted by atomic mass is 16.5. The Bertz CT molecular complexity index is 623. The van der Waals surface area contributed by atoms with E-state index in [-0.39, 0.29) is 12.2 Å². The van der Waals surface area contributed by atoms with Crippen molar-refractivity contribution in [2.24, 2.45) is 0 Å². The number of anilines is 1. The molecule has 3 N–H and O–H groups in total. The topological polar surface area (TPSA) is 77.5 Å². The van der Waals surface area contributed by atoms with Crippen LogP contribution in [0, 0.1) is 0 Å². The third-order valence-corrected chi connectivity index (χ3v) is 2.95. The predicted octanol–water partition coefficient (Wildman–Crippen LogP) is 1.04. The van der Waals surface area contributed by atoms with E-state index in [2.05, 4.69) is 0 Å². The van der Waals surface area contributed by atoms with E-state index in [0.29, 0.717) is 25.3 Å². The fourth-order valence-corrected chi connectivity index (χ4v) is 1.95. The van der Waals surface area contributed by atoms with Crippen molar-refractivity contribution in [2.75, 3.05) is 18.9 Å². The van der Waals surface area contributed by atoms with Gasteiger partial charge in [0.25, 0.3) is 5.56 Å². The Hall–Kier alpha value is -2.27. The fourth-order valence-electron chi connectivity index (χ4n) is 1.95. The SMILES string of the molecule is Nc1ccc(=O)n(CCOc2ccccc2CCO)c1. The van der Waals surface area contributed by atoms with Gasteiger partial charge in [-0.25, -0.2) is 0 Å². The first kappa shape index (κ1) is 14.1. The zero-order valence-corrected chi connectivity index (χ0v) is 11.2. The van der Waals surface area contributed by atoms with E-state index in [1.165, 1.54) is 10.6 Å². The number of rotatable bonds is 6. The lowest BCUT2D eigenvalue weighted by Crippen LogP contribution is -2.22. The summed E-state index contributed by atoms with van der Waals surface area (Å²) < 4.78 is 7.19. The highest BCUT2D eigenvalue weighted by Gasteiger charge is 2.03. The van der Waals surface area contributed by atoms with E-state index in [9.17, 15) is 4.79 Å². The molecule has 1 aromatic heterocycles. The molecule has 0 unspecified atom stereocenters. The summed E-state index contributed by atoms with van der Waals surface area (Å²) in [5, 5.41) is 9.00. The Kier molecular flexibility index (Phi) is 4.79. The van der Waals surface area contributed by atoms with Crippen LogP contribution in [0.25, 0.3) is 0 Å². The lowest BCUT2D eigenvalue weighted by Gasteiger charge is -2.12. The summed E-state index contributed by atoms with van der Waals surface area (Å²) in [7, 11) is 0. The first-order valence-corrected chi connectivity index (χ1v) is 6.48. The molecule has 0 bridgehead atoms. The second-order valence-corrected chi connectivity index (χ2v) is 4.42. The molecule has 0 spiro atoms. The van der Waals surface area contributed by atoms with E-state index in [0.717, 1.165) is 11.3 Å². The third kappa shape index (κ3) is 3.61. The maximum absolute atomic E-state index is 11.6. The maximum atomic E-state index is 11.6. The molecule has 0 aliphatic heterocycles. The van der Waals surface area contributed by atoms with Crippen LogP contribution in [0.5, 0.6) is 5.75 Å². The minimum Gasteiger partial charge on any atom is -0.491 e. The number of benzene rings is 1. The Morgan fingerprint density at radius 2 is 2.00 bits per heavy atom. The van der Waals surface area contributed by atoms with Gasteiger partial charge < -0.3 is 20.1 Å². The zero-order chi connectivity index (χ0) is 14.4. The second-order valence-electron chi connectivity index (χ2n) is 4.42. The van der Waals surface area contributed by atoms with Crippen LogP contribution in [0.1, 0.15) is 5.56 Å². The monoisotopic (exact) mass is 274 g/mol. The van der Waals surface area contributed by atoms with Crippen molar-refractivity contribution in [2.45, 2.75) is 13.0 Å². The number of pyridine rings is 1. The minimum atomic E-state index is -0.105. The van der Waals surface area contributed by atoms with Gasteiger partial charge in [0.05, 0.1) is 6.54 Å². The van der Waals surface area contributed by atoms with Crippen LogP contribution in [-0.4, -0.2) is 22.9 Å². The summed E-state index contributed by atoms with van der Waals surface area (Å²) in [4.78, 5) is 11.6. The number of hydrogen-bond acceptors (Lipinski definition) is 4. The molecule has 0 fully saturated rings. The first-order chi connectivity index (χ1) is 9.70. The van der Waals surface area contributed by atoms with E-state index < -0.39 is 0 Å². The summed E-state index contributed by atoms with van der Waals surface area (Å²) in [6.45, 7) is 0.873. The number of aliphatic hydroxyl groups is 1. The number of nitrogens with zero attached hydrogens (tertiary/aromatic N) is 1. The molecule has 1 heterocycles. The molecule has 5 heteroatoms. The fraction of sp³-hybridized carbons (Fsp3) is 0.267. The van der Waals surface area contributed by atoms with Gasteiger partial charge in [0.2, 0.25) is 0 Å². The van der Waals surface area contributed by atoms with Gasteiger partial charge in [-0.15, -0.1) is 0 Å². The molecule has 1 aromatic carbocycles. The molecule has 5 nitrogen and oxygen atoms in total. The summed E-state index contributed by atoms with van der Waals surface area (Å²) in [6.07, 6.45) is 2.15. The molecule has 0 aliphatic carbocycles. The van der Waals surface area contributed by atoms with Gasteiger partial charge in [-0.1, -0.05) is 18.2 Å². The van der Waals surface area contributed by atoms with Crippen LogP contribution in [0.3, 0.4) is 0 Å². The van der Waals surface area contributed by atoms with Crippen molar-refractivity contribution in [3.8, 4) is 5.75 Å². The summed E-state index contributed by atoms with van der Waals surface area (Å²) in [5.41, 5.74) is 7.04. The van der Waals surface area contributed by atoms with Crippen molar-refractivity contribution in [1.82, 2.24) is 4.57 Å². The Morgan fingerprint density at radius 3 is 2.80 bits per heavy atom. The molecule has 2 rings (SSSR count). The number of nitrogens with two attached hydrogens (primary N) is 1. The quantitative estimate of drug-likeness (QED) is 0.825. The molecule has 2 aromatic rings. The molecular weight excluding hydrogens is 256 g/mol. The van der Waals surface area contributed by atoms with Crippen LogP contribution in [0.4, 0.5) is 5.69 Å². The molecular formula is C15H18N2O3. The van der Waals surface area contributed by atoms with Gasteiger partial charge in [-0.05, 0) is 24.1 Å². The molecule has 0 saturated heterocycles. The van der Waals surface area contributed by atoms with Crippen LogP contribution < -0.4 is 16.0 Å². The molecule has 0 amide bonds. The number of hydrogen-bond donors (Lipinski definition) is 2. The Labute approximate surface area is 117 Å². The lowest BCUT2D eigenvalue weighted by atomic mass is 10.1. The van der Waals surface area contributed by atoms with Crippen molar-refractivity contribution in [1.29, 1.82) is 0 Å². The summed E-state index contributed by atoms with van der Waals surface area (Å²) >= 11 is 0. The highest BCUT2D eigenvalue weighted by Crippen LogP contribution is 2.18.